The molecule has 35 heavy (non-hydrogen) atoms. The second-order valence-electron chi connectivity index (χ2n) is 8.62. The van der Waals surface area contributed by atoms with Crippen molar-refractivity contribution in [3.8, 4) is 23.0 Å². The van der Waals surface area contributed by atoms with Crippen molar-refractivity contribution >= 4 is 43.6 Å². The van der Waals surface area contributed by atoms with Gasteiger partial charge in [-0.25, -0.2) is 4.98 Å². The topological polar surface area (TPSA) is 54.5 Å². The van der Waals surface area contributed by atoms with E-state index >= 15 is 0 Å². The first-order valence-electron chi connectivity index (χ1n) is 11.5. The van der Waals surface area contributed by atoms with Gasteiger partial charge in [-0.15, -0.1) is 0 Å². The van der Waals surface area contributed by atoms with Crippen molar-refractivity contribution in [3.63, 3.8) is 0 Å². The quantitative estimate of drug-likeness (QED) is 0.260. The first kappa shape index (κ1) is 19.5. The van der Waals surface area contributed by atoms with Crippen LogP contribution in [0.25, 0.3) is 60.6 Å². The summed E-state index contributed by atoms with van der Waals surface area (Å²) in [7, 11) is 0. The monoisotopic (exact) mass is 446 g/mol. The van der Waals surface area contributed by atoms with Crippen LogP contribution in [0.5, 0.6) is 0 Å². The maximum absolute atomic E-state index is 9.18. The van der Waals surface area contributed by atoms with Crippen LogP contribution in [0, 0.1) is 11.3 Å². The van der Waals surface area contributed by atoms with Gasteiger partial charge in [0.05, 0.1) is 33.7 Å². The first-order valence-corrected chi connectivity index (χ1v) is 11.5. The summed E-state index contributed by atoms with van der Waals surface area (Å²) in [5, 5.41) is 13.7. The van der Waals surface area contributed by atoms with Crippen molar-refractivity contribution in [1.82, 2.24) is 14.5 Å². The summed E-state index contributed by atoms with van der Waals surface area (Å²) in [5.74, 6) is 0.868. The van der Waals surface area contributed by atoms with Gasteiger partial charge in [0.2, 0.25) is 0 Å². The second kappa shape index (κ2) is 7.51. The number of nitriles is 1. The van der Waals surface area contributed by atoms with Gasteiger partial charge in [0, 0.05) is 27.7 Å². The first-order chi connectivity index (χ1) is 17.3. The molecule has 0 amide bonds. The second-order valence-corrected chi connectivity index (χ2v) is 8.62. The van der Waals surface area contributed by atoms with E-state index in [1.807, 2.05) is 36.5 Å². The van der Waals surface area contributed by atoms with E-state index in [1.165, 1.54) is 10.8 Å². The van der Waals surface area contributed by atoms with Gasteiger partial charge >= 0.3 is 0 Å². The Morgan fingerprint density at radius 3 is 2.06 bits per heavy atom. The fourth-order valence-electron chi connectivity index (χ4n) is 5.07. The lowest BCUT2D eigenvalue weighted by atomic mass is 9.97. The highest BCUT2D eigenvalue weighted by molar-refractivity contribution is 6.11. The average Bonchev–Trinajstić information content (AvgIpc) is 3.27. The van der Waals surface area contributed by atoms with E-state index in [9.17, 15) is 5.26 Å². The van der Waals surface area contributed by atoms with Gasteiger partial charge in [0.25, 0.3) is 0 Å². The maximum Gasteiger partial charge on any atom is 0.138 e. The predicted molar refractivity (Wildman–Crippen MR) is 142 cm³/mol. The molecule has 0 radical (unpaired) electrons. The van der Waals surface area contributed by atoms with Crippen molar-refractivity contribution < 1.29 is 0 Å². The van der Waals surface area contributed by atoms with Crippen molar-refractivity contribution in [2.45, 2.75) is 0 Å². The largest absolute Gasteiger partial charge is 0.294 e. The van der Waals surface area contributed by atoms with E-state index in [0.29, 0.717) is 5.56 Å². The molecule has 0 saturated carbocycles. The number of rotatable bonds is 2. The van der Waals surface area contributed by atoms with Gasteiger partial charge < -0.3 is 0 Å². The summed E-state index contributed by atoms with van der Waals surface area (Å²) in [4.78, 5) is 9.92. The van der Waals surface area contributed by atoms with Crippen molar-refractivity contribution in [1.29, 1.82) is 5.26 Å². The van der Waals surface area contributed by atoms with Crippen LogP contribution < -0.4 is 0 Å². The molecule has 4 nitrogen and oxygen atoms in total. The van der Waals surface area contributed by atoms with Crippen LogP contribution in [0.4, 0.5) is 0 Å². The van der Waals surface area contributed by atoms with Crippen LogP contribution in [0.1, 0.15) is 5.56 Å². The molecule has 0 aliphatic carbocycles. The normalized spacial score (nSPS) is 11.4. The molecule has 0 spiro atoms. The Bertz CT molecular complexity index is 1900. The molecule has 0 fully saturated rings. The molecule has 0 saturated heterocycles. The molecule has 4 aromatic carbocycles. The molecule has 162 valence electrons. The van der Waals surface area contributed by atoms with E-state index in [4.69, 9.17) is 9.97 Å². The number of aromatic nitrogens is 3. The fourth-order valence-corrected chi connectivity index (χ4v) is 5.07. The standard InChI is InChI=1S/C31H18N4/c32-19-20-11-13-21(14-12-20)26-18-22-15-16-29(34-30(22)31-25(26)8-5-17-33-31)35-27-9-3-1-6-23(27)24-7-2-4-10-28(24)35/h1-18H. The molecule has 0 N–H and O–H groups in total. The third-order valence-electron chi connectivity index (χ3n) is 6.67. The van der Waals surface area contributed by atoms with Gasteiger partial charge in [-0.3, -0.25) is 9.55 Å². The molecule has 3 heterocycles. The number of nitrogens with zero attached hydrogens (tertiary/aromatic N) is 4. The molecule has 0 unspecified atom stereocenters. The van der Waals surface area contributed by atoms with Crippen molar-refractivity contribution in [2.75, 3.05) is 0 Å². The van der Waals surface area contributed by atoms with E-state index < -0.39 is 0 Å². The summed E-state index contributed by atoms with van der Waals surface area (Å²) >= 11 is 0. The van der Waals surface area contributed by atoms with Gasteiger partial charge in [0.15, 0.2) is 0 Å². The van der Waals surface area contributed by atoms with E-state index in [-0.39, 0.29) is 0 Å². The van der Waals surface area contributed by atoms with Crippen molar-refractivity contribution in [3.05, 3.63) is 115 Å². The van der Waals surface area contributed by atoms with Gasteiger partial charge in [-0.2, -0.15) is 5.26 Å². The molecule has 7 rings (SSSR count). The van der Waals surface area contributed by atoms with Gasteiger partial charge in [0.1, 0.15) is 5.82 Å². The zero-order valence-electron chi connectivity index (χ0n) is 18.7. The molecule has 4 heteroatoms. The Kier molecular flexibility index (Phi) is 4.18. The van der Waals surface area contributed by atoms with Crippen LogP contribution in [-0.4, -0.2) is 14.5 Å². The van der Waals surface area contributed by atoms with E-state index in [0.717, 1.165) is 49.8 Å². The summed E-state index contributed by atoms with van der Waals surface area (Å²) in [6.45, 7) is 0. The predicted octanol–water partition coefficient (Wildman–Crippen LogP) is 7.42. The third-order valence-corrected chi connectivity index (χ3v) is 6.67. The highest BCUT2D eigenvalue weighted by Gasteiger charge is 2.15. The van der Waals surface area contributed by atoms with Crippen LogP contribution in [-0.2, 0) is 0 Å². The highest BCUT2D eigenvalue weighted by Crippen LogP contribution is 2.35. The summed E-state index contributed by atoms with van der Waals surface area (Å²) < 4.78 is 2.23. The number of benzene rings is 4. The molecule has 3 aromatic heterocycles. The van der Waals surface area contributed by atoms with Crippen LogP contribution in [0.3, 0.4) is 0 Å². The third kappa shape index (κ3) is 2.92. The minimum absolute atomic E-state index is 0.648. The summed E-state index contributed by atoms with van der Waals surface area (Å²) in [6.07, 6.45) is 1.82. The minimum Gasteiger partial charge on any atom is -0.294 e. The number of para-hydroxylation sites is 2. The molecular weight excluding hydrogens is 428 g/mol. The number of hydrogen-bond acceptors (Lipinski definition) is 3. The maximum atomic E-state index is 9.18. The van der Waals surface area contributed by atoms with Crippen LogP contribution >= 0.6 is 0 Å². The summed E-state index contributed by atoms with van der Waals surface area (Å²) in [5.41, 5.74) is 6.78. The number of pyridine rings is 2. The zero-order valence-corrected chi connectivity index (χ0v) is 18.7. The SMILES string of the molecule is N#Cc1ccc(-c2cc3ccc(-n4c5ccccc5c5ccccc54)nc3c3ncccc23)cc1. The smallest absolute Gasteiger partial charge is 0.138 e. The lowest BCUT2D eigenvalue weighted by Crippen LogP contribution is -1.98. The number of hydrogen-bond donors (Lipinski definition) is 0. The molecule has 0 aliphatic heterocycles. The Morgan fingerprint density at radius 2 is 1.34 bits per heavy atom. The van der Waals surface area contributed by atoms with E-state index in [2.05, 4.69) is 83.4 Å². The zero-order chi connectivity index (χ0) is 23.4. The lowest BCUT2D eigenvalue weighted by molar-refractivity contribution is 1.10. The van der Waals surface area contributed by atoms with Crippen LogP contribution in [0.2, 0.25) is 0 Å². The molecule has 0 aliphatic rings. The van der Waals surface area contributed by atoms with E-state index in [1.54, 1.807) is 0 Å². The summed E-state index contributed by atoms with van der Waals surface area (Å²) in [6, 6.07) is 37.2. The Morgan fingerprint density at radius 1 is 0.657 bits per heavy atom. The Balaban J connectivity index is 1.52. The number of fused-ring (bicyclic) bond motifs is 6. The van der Waals surface area contributed by atoms with Gasteiger partial charge in [-0.05, 0) is 59.7 Å². The molecule has 0 bridgehead atoms. The average molecular weight is 447 g/mol. The molecular formula is C31H18N4. The highest BCUT2D eigenvalue weighted by atomic mass is 15.1. The van der Waals surface area contributed by atoms with Gasteiger partial charge in [-0.1, -0.05) is 54.6 Å². The Labute approximate surface area is 201 Å². The van der Waals surface area contributed by atoms with Crippen LogP contribution in [0.15, 0.2) is 109 Å². The lowest BCUT2D eigenvalue weighted by Gasteiger charge is -2.12. The minimum atomic E-state index is 0.648. The Hall–Kier alpha value is -5.01. The molecule has 7 aromatic rings. The fraction of sp³-hybridized carbons (Fsp3) is 0. The van der Waals surface area contributed by atoms with Crippen molar-refractivity contribution in [2.24, 2.45) is 0 Å². The molecule has 0 atom stereocenters.